The summed E-state index contributed by atoms with van der Waals surface area (Å²) in [6, 6.07) is 10.3. The number of hydrogen-bond donors (Lipinski definition) is 2. The minimum absolute atomic E-state index is 0.0137. The van der Waals surface area contributed by atoms with E-state index in [0.717, 1.165) is 12.1 Å². The highest BCUT2D eigenvalue weighted by molar-refractivity contribution is 5.88. The van der Waals surface area contributed by atoms with E-state index in [4.69, 9.17) is 13.9 Å². The summed E-state index contributed by atoms with van der Waals surface area (Å²) in [6.07, 6.45) is -2.83. The Morgan fingerprint density at radius 1 is 1.16 bits per heavy atom. The van der Waals surface area contributed by atoms with Gasteiger partial charge in [0.15, 0.2) is 0 Å². The fourth-order valence-corrected chi connectivity index (χ4v) is 3.20. The van der Waals surface area contributed by atoms with E-state index in [2.05, 4.69) is 20.8 Å². The highest BCUT2D eigenvalue weighted by Crippen LogP contribution is 2.33. The number of rotatable bonds is 5. The van der Waals surface area contributed by atoms with Crippen molar-refractivity contribution in [1.82, 2.24) is 15.5 Å². The second-order valence-corrected chi connectivity index (χ2v) is 6.48. The number of halogens is 4. The Hall–Kier alpha value is -3.96. The minimum Gasteiger partial charge on any atom is -0.497 e. The van der Waals surface area contributed by atoms with Gasteiger partial charge in [0.05, 0.1) is 7.11 Å². The van der Waals surface area contributed by atoms with Crippen molar-refractivity contribution in [2.75, 3.05) is 19.0 Å². The van der Waals surface area contributed by atoms with Crippen LogP contribution in [-0.4, -0.2) is 42.1 Å². The zero-order valence-electron chi connectivity index (χ0n) is 16.4. The number of methoxy groups -OCH3 is 1. The van der Waals surface area contributed by atoms with Crippen LogP contribution in [0.15, 0.2) is 46.9 Å². The van der Waals surface area contributed by atoms with Crippen LogP contribution in [0.3, 0.4) is 0 Å². The Morgan fingerprint density at radius 3 is 2.38 bits per heavy atom. The molecule has 1 aliphatic rings. The molecular weight excluding hydrogens is 436 g/mol. The zero-order chi connectivity index (χ0) is 23.3. The van der Waals surface area contributed by atoms with E-state index in [-0.39, 0.29) is 29.8 Å². The fourth-order valence-electron chi connectivity index (χ4n) is 3.20. The summed E-state index contributed by atoms with van der Waals surface area (Å²) in [4.78, 5) is 20.4. The first-order valence-corrected chi connectivity index (χ1v) is 9.11. The molecule has 1 aromatic heterocycles. The smallest absolute Gasteiger partial charge is 0.483 e. The maximum Gasteiger partial charge on any atom is 0.483 e. The van der Waals surface area contributed by atoms with Crippen LogP contribution in [0.1, 0.15) is 11.5 Å². The number of nitrogens with zero attached hydrogens (tertiary/aromatic N) is 2. The van der Waals surface area contributed by atoms with Gasteiger partial charge in [-0.05, 0) is 12.1 Å². The third-order valence-corrected chi connectivity index (χ3v) is 4.56. The molecule has 2 heterocycles. The Labute approximate surface area is 178 Å². The van der Waals surface area contributed by atoms with Crippen LogP contribution in [0.2, 0.25) is 0 Å². The van der Waals surface area contributed by atoms with E-state index in [1.165, 1.54) is 7.11 Å². The molecule has 0 spiro atoms. The third-order valence-electron chi connectivity index (χ3n) is 4.56. The summed E-state index contributed by atoms with van der Waals surface area (Å²) in [6.45, 7) is 0.0658. The number of hydrogen-bond acceptors (Lipinski definition) is 7. The lowest BCUT2D eigenvalue weighted by molar-refractivity contribution is -0.119. The molecule has 12 heteroatoms. The van der Waals surface area contributed by atoms with Crippen molar-refractivity contribution < 1.29 is 36.3 Å². The van der Waals surface area contributed by atoms with Crippen LogP contribution in [0, 0.1) is 11.6 Å². The van der Waals surface area contributed by atoms with E-state index in [1.54, 1.807) is 12.1 Å². The van der Waals surface area contributed by atoms with Gasteiger partial charge in [-0.2, -0.15) is 0 Å². The van der Waals surface area contributed by atoms with Gasteiger partial charge in [0.2, 0.25) is 11.8 Å². The molecule has 4 rings (SSSR count). The van der Waals surface area contributed by atoms with Crippen molar-refractivity contribution in [2.45, 2.75) is 12.0 Å². The molecule has 32 heavy (non-hydrogen) atoms. The SMILES string of the molecule is COc1cc(F)c([C@@H]2CNC(=O)[C@H]2Nc2nnc(-c3ccccc3)o2)c(F)c1.O=C(F)F. The molecule has 1 saturated heterocycles. The maximum absolute atomic E-state index is 14.5. The highest BCUT2D eigenvalue weighted by atomic mass is 19.3. The number of benzene rings is 2. The van der Waals surface area contributed by atoms with Crippen molar-refractivity contribution in [3.05, 3.63) is 59.7 Å². The molecule has 2 atom stereocenters. The van der Waals surface area contributed by atoms with E-state index in [1.807, 2.05) is 18.2 Å². The first-order valence-electron chi connectivity index (χ1n) is 9.11. The molecular formula is C20H16F4N4O4. The van der Waals surface area contributed by atoms with E-state index >= 15 is 0 Å². The van der Waals surface area contributed by atoms with Crippen LogP contribution in [0.4, 0.5) is 28.4 Å². The molecule has 168 valence electrons. The van der Waals surface area contributed by atoms with Gasteiger partial charge in [0.25, 0.3) is 0 Å². The van der Waals surface area contributed by atoms with Crippen LogP contribution in [0.25, 0.3) is 11.5 Å². The van der Waals surface area contributed by atoms with Crippen LogP contribution < -0.4 is 15.4 Å². The number of carbonyl (C=O) groups is 2. The molecule has 0 aliphatic carbocycles. The Bertz CT molecular complexity index is 1080. The van der Waals surface area contributed by atoms with Gasteiger partial charge in [0, 0.05) is 35.7 Å². The van der Waals surface area contributed by atoms with Gasteiger partial charge < -0.3 is 19.8 Å². The van der Waals surface area contributed by atoms with Crippen molar-refractivity contribution in [1.29, 1.82) is 0 Å². The molecule has 0 radical (unpaired) electrons. The monoisotopic (exact) mass is 452 g/mol. The van der Waals surface area contributed by atoms with Crippen LogP contribution >= 0.6 is 0 Å². The molecule has 0 saturated carbocycles. The third kappa shape index (κ3) is 5.20. The Balaban J connectivity index is 0.000000668. The van der Waals surface area contributed by atoms with Crippen molar-refractivity contribution in [3.8, 4) is 17.2 Å². The lowest BCUT2D eigenvalue weighted by Gasteiger charge is -2.19. The molecule has 1 fully saturated rings. The van der Waals surface area contributed by atoms with E-state index < -0.39 is 35.8 Å². The van der Waals surface area contributed by atoms with Gasteiger partial charge >= 0.3 is 12.3 Å². The summed E-state index contributed by atoms with van der Waals surface area (Å²) >= 11 is 0. The largest absolute Gasteiger partial charge is 0.497 e. The Kier molecular flexibility index (Phi) is 7.03. The average molecular weight is 452 g/mol. The second-order valence-electron chi connectivity index (χ2n) is 6.48. The lowest BCUT2D eigenvalue weighted by atomic mass is 9.93. The lowest BCUT2D eigenvalue weighted by Crippen LogP contribution is -2.33. The molecule has 8 nitrogen and oxygen atoms in total. The van der Waals surface area contributed by atoms with E-state index in [0.29, 0.717) is 5.56 Å². The predicted molar refractivity (Wildman–Crippen MR) is 103 cm³/mol. The molecule has 2 N–H and O–H groups in total. The molecule has 0 bridgehead atoms. The number of amides is 1. The summed E-state index contributed by atoms with van der Waals surface area (Å²) in [7, 11) is 1.32. The van der Waals surface area contributed by atoms with Crippen molar-refractivity contribution in [2.24, 2.45) is 0 Å². The first-order chi connectivity index (χ1) is 15.3. The average Bonchev–Trinajstić information content (AvgIpc) is 3.36. The second kappa shape index (κ2) is 9.90. The van der Waals surface area contributed by atoms with E-state index in [9.17, 15) is 22.4 Å². The fraction of sp³-hybridized carbons (Fsp3) is 0.200. The van der Waals surface area contributed by atoms with Gasteiger partial charge in [-0.25, -0.2) is 13.6 Å². The molecule has 2 aromatic carbocycles. The number of anilines is 1. The number of nitrogens with one attached hydrogen (secondary N) is 2. The predicted octanol–water partition coefficient (Wildman–Crippen LogP) is 3.76. The topological polar surface area (TPSA) is 106 Å². The molecule has 1 aliphatic heterocycles. The molecule has 1 amide bonds. The summed E-state index contributed by atoms with van der Waals surface area (Å²) in [5.41, 5.74) is 0.502. The number of carbonyl (C=O) groups excluding carboxylic acids is 2. The summed E-state index contributed by atoms with van der Waals surface area (Å²) in [5.74, 6) is -2.48. The van der Waals surface area contributed by atoms with Crippen molar-refractivity contribution in [3.63, 3.8) is 0 Å². The standard InChI is InChI=1S/C19H16F2N4O3.CF2O/c1-27-11-7-13(20)15(14(21)8-11)12-9-22-17(26)16(12)23-19-25-24-18(28-19)10-5-3-2-4-6-10;2-1(3)4/h2-8,12,16H,9H2,1H3,(H,22,26)(H,23,25);/t12-,16-;/m0./s1. The summed E-state index contributed by atoms with van der Waals surface area (Å²) < 4.78 is 58.8. The van der Waals surface area contributed by atoms with Gasteiger partial charge in [-0.15, -0.1) is 13.9 Å². The van der Waals surface area contributed by atoms with Gasteiger partial charge in [-0.3, -0.25) is 4.79 Å². The Morgan fingerprint density at radius 2 is 1.78 bits per heavy atom. The van der Waals surface area contributed by atoms with Gasteiger partial charge in [-0.1, -0.05) is 23.3 Å². The van der Waals surface area contributed by atoms with Crippen LogP contribution in [0.5, 0.6) is 5.75 Å². The minimum atomic E-state index is -2.83. The summed E-state index contributed by atoms with van der Waals surface area (Å²) in [5, 5.41) is 13.2. The number of ether oxygens (including phenoxy) is 1. The number of aromatic nitrogens is 2. The van der Waals surface area contributed by atoms with Gasteiger partial charge in [0.1, 0.15) is 23.4 Å². The van der Waals surface area contributed by atoms with Crippen molar-refractivity contribution >= 4 is 18.2 Å². The quantitative estimate of drug-likeness (QED) is 0.448. The highest BCUT2D eigenvalue weighted by Gasteiger charge is 2.40. The zero-order valence-corrected chi connectivity index (χ0v) is 16.4. The normalized spacial score (nSPS) is 17.2. The first kappa shape index (κ1) is 22.7. The van der Waals surface area contributed by atoms with Crippen LogP contribution in [-0.2, 0) is 4.79 Å². The molecule has 0 unspecified atom stereocenters. The maximum atomic E-state index is 14.5. The molecule has 3 aromatic rings.